The van der Waals surface area contributed by atoms with E-state index in [0.717, 1.165) is 22.4 Å². The van der Waals surface area contributed by atoms with Crippen LogP contribution >= 0.6 is 0 Å². The molecule has 1 atom stereocenters. The van der Waals surface area contributed by atoms with Crippen LogP contribution in [0.2, 0.25) is 0 Å². The number of rotatable bonds is 7. The second-order valence-electron chi connectivity index (χ2n) is 7.67. The Morgan fingerprint density at radius 1 is 1.14 bits per heavy atom. The van der Waals surface area contributed by atoms with Gasteiger partial charge in [0.15, 0.2) is 0 Å². The van der Waals surface area contributed by atoms with Gasteiger partial charge in [-0.15, -0.1) is 0 Å². The number of hydrogen-bond donors (Lipinski definition) is 1. The predicted octanol–water partition coefficient (Wildman–Crippen LogP) is 3.77. The third kappa shape index (κ3) is 5.02. The summed E-state index contributed by atoms with van der Waals surface area (Å²) in [5.41, 5.74) is 3.09. The molecule has 0 aliphatic rings. The van der Waals surface area contributed by atoms with Crippen LogP contribution in [0.25, 0.3) is 11.0 Å². The first-order chi connectivity index (χ1) is 13.8. The van der Waals surface area contributed by atoms with Crippen molar-refractivity contribution in [1.82, 2.24) is 14.9 Å². The van der Waals surface area contributed by atoms with Crippen molar-refractivity contribution in [2.45, 2.75) is 39.8 Å². The number of amides is 1. The minimum atomic E-state index is -0.702. The van der Waals surface area contributed by atoms with E-state index in [-0.39, 0.29) is 18.4 Å². The van der Waals surface area contributed by atoms with Gasteiger partial charge in [-0.25, -0.2) is 9.78 Å². The van der Waals surface area contributed by atoms with Gasteiger partial charge in [-0.05, 0) is 43.0 Å². The molecule has 1 amide bonds. The zero-order valence-electron chi connectivity index (χ0n) is 17.3. The summed E-state index contributed by atoms with van der Waals surface area (Å²) >= 11 is 0. The molecule has 2 aromatic carbocycles. The summed E-state index contributed by atoms with van der Waals surface area (Å²) in [6.45, 7) is 6.11. The van der Waals surface area contributed by atoms with E-state index in [2.05, 4.69) is 10.3 Å². The Kier molecular flexibility index (Phi) is 6.32. The summed E-state index contributed by atoms with van der Waals surface area (Å²) in [6, 6.07) is 14.2. The van der Waals surface area contributed by atoms with Crippen LogP contribution in [0.1, 0.15) is 42.0 Å². The molecule has 0 unspecified atom stereocenters. The fourth-order valence-corrected chi connectivity index (χ4v) is 3.22. The Morgan fingerprint density at radius 3 is 2.55 bits per heavy atom. The van der Waals surface area contributed by atoms with Crippen molar-refractivity contribution in [3.8, 4) is 0 Å². The van der Waals surface area contributed by atoms with Crippen LogP contribution in [-0.4, -0.2) is 27.5 Å². The highest BCUT2D eigenvalue weighted by molar-refractivity contribution is 5.99. The molecule has 0 saturated heterocycles. The number of aromatic nitrogens is 2. The molecule has 1 heterocycles. The highest BCUT2D eigenvalue weighted by Gasteiger charge is 2.24. The van der Waals surface area contributed by atoms with Crippen molar-refractivity contribution < 1.29 is 14.3 Å². The fourth-order valence-electron chi connectivity index (χ4n) is 3.22. The molecule has 152 valence electrons. The van der Waals surface area contributed by atoms with Gasteiger partial charge < -0.3 is 14.6 Å². The number of benzene rings is 2. The summed E-state index contributed by atoms with van der Waals surface area (Å²) in [4.78, 5) is 29.9. The Bertz CT molecular complexity index is 1010. The lowest BCUT2D eigenvalue weighted by molar-refractivity contribution is -0.147. The summed E-state index contributed by atoms with van der Waals surface area (Å²) in [7, 11) is 1.94. The highest BCUT2D eigenvalue weighted by Crippen LogP contribution is 2.17. The number of imidazole rings is 1. The van der Waals surface area contributed by atoms with Crippen LogP contribution in [0.3, 0.4) is 0 Å². The third-order valence-corrected chi connectivity index (χ3v) is 4.89. The number of ether oxygens (including phenoxy) is 1. The lowest BCUT2D eigenvalue weighted by Crippen LogP contribution is -2.42. The van der Waals surface area contributed by atoms with Gasteiger partial charge in [0.2, 0.25) is 0 Å². The van der Waals surface area contributed by atoms with E-state index in [1.807, 2.05) is 68.8 Å². The Balaban J connectivity index is 1.71. The summed E-state index contributed by atoms with van der Waals surface area (Å²) < 4.78 is 7.42. The van der Waals surface area contributed by atoms with Gasteiger partial charge in [0.05, 0.1) is 11.0 Å². The van der Waals surface area contributed by atoms with Gasteiger partial charge >= 0.3 is 5.97 Å². The van der Waals surface area contributed by atoms with Gasteiger partial charge in [0.1, 0.15) is 18.5 Å². The van der Waals surface area contributed by atoms with Crippen molar-refractivity contribution in [3.63, 3.8) is 0 Å². The first kappa shape index (κ1) is 20.6. The Labute approximate surface area is 170 Å². The second-order valence-corrected chi connectivity index (χ2v) is 7.67. The number of hydrogen-bond acceptors (Lipinski definition) is 4. The second kappa shape index (κ2) is 8.90. The average molecular weight is 393 g/mol. The molecule has 0 bridgehead atoms. The minimum absolute atomic E-state index is 0.184. The zero-order valence-corrected chi connectivity index (χ0v) is 17.3. The summed E-state index contributed by atoms with van der Waals surface area (Å²) in [5, 5.41) is 2.84. The molecule has 6 nitrogen and oxygen atoms in total. The lowest BCUT2D eigenvalue weighted by atomic mass is 10.0. The smallest absolute Gasteiger partial charge is 0.328 e. The van der Waals surface area contributed by atoms with Gasteiger partial charge in [-0.2, -0.15) is 0 Å². The molecule has 1 aromatic heterocycles. The molecule has 3 aromatic rings. The summed E-state index contributed by atoms with van der Waals surface area (Å²) in [6.07, 6.45) is 0.504. The molecule has 0 saturated carbocycles. The zero-order chi connectivity index (χ0) is 21.0. The topological polar surface area (TPSA) is 73.2 Å². The third-order valence-electron chi connectivity index (χ3n) is 4.89. The predicted molar refractivity (Wildman–Crippen MR) is 112 cm³/mol. The highest BCUT2D eigenvalue weighted by atomic mass is 16.5. The molecule has 3 rings (SSSR count). The maximum absolute atomic E-state index is 12.8. The number of aryl methyl sites for hydroxylation is 2. The van der Waals surface area contributed by atoms with Gasteiger partial charge in [0, 0.05) is 12.6 Å². The number of esters is 1. The normalized spacial score (nSPS) is 12.2. The van der Waals surface area contributed by atoms with E-state index in [1.165, 1.54) is 0 Å². The molecule has 0 fully saturated rings. The molecule has 1 N–H and O–H groups in total. The van der Waals surface area contributed by atoms with Crippen LogP contribution < -0.4 is 5.32 Å². The molecular formula is C23H27N3O3. The fraction of sp³-hybridized carbons (Fsp3) is 0.348. The molecule has 0 aliphatic carbocycles. The Morgan fingerprint density at radius 2 is 1.86 bits per heavy atom. The number of fused-ring (bicyclic) bond motifs is 1. The molecule has 0 spiro atoms. The molecule has 6 heteroatoms. The monoisotopic (exact) mass is 393 g/mol. The largest absolute Gasteiger partial charge is 0.459 e. The van der Waals surface area contributed by atoms with Gasteiger partial charge in [-0.3, -0.25) is 4.79 Å². The number of carbonyl (C=O) groups excluding carboxylic acids is 2. The van der Waals surface area contributed by atoms with E-state index in [0.29, 0.717) is 12.0 Å². The Hall–Kier alpha value is -3.15. The average Bonchev–Trinajstić information content (AvgIpc) is 2.99. The quantitative estimate of drug-likeness (QED) is 0.620. The van der Waals surface area contributed by atoms with Crippen LogP contribution in [0.5, 0.6) is 0 Å². The summed E-state index contributed by atoms with van der Waals surface area (Å²) in [5.74, 6) is 0.369. The lowest BCUT2D eigenvalue weighted by Gasteiger charge is -2.19. The van der Waals surface area contributed by atoms with Crippen LogP contribution in [-0.2, 0) is 23.2 Å². The van der Waals surface area contributed by atoms with Crippen LogP contribution in [0.15, 0.2) is 48.5 Å². The van der Waals surface area contributed by atoms with Crippen LogP contribution in [0, 0.1) is 12.8 Å². The van der Waals surface area contributed by atoms with Crippen molar-refractivity contribution >= 4 is 22.9 Å². The molecule has 0 aliphatic heterocycles. The van der Waals surface area contributed by atoms with Crippen molar-refractivity contribution in [3.05, 3.63) is 65.5 Å². The van der Waals surface area contributed by atoms with E-state index in [4.69, 9.17) is 4.74 Å². The maximum Gasteiger partial charge on any atom is 0.328 e. The molecular weight excluding hydrogens is 366 g/mol. The van der Waals surface area contributed by atoms with Gasteiger partial charge in [0.25, 0.3) is 5.91 Å². The van der Waals surface area contributed by atoms with Gasteiger partial charge in [-0.1, -0.05) is 44.2 Å². The first-order valence-corrected chi connectivity index (χ1v) is 9.79. The first-order valence-electron chi connectivity index (χ1n) is 9.79. The number of carbonyl (C=O) groups is 2. The maximum atomic E-state index is 12.8. The van der Waals surface area contributed by atoms with Crippen molar-refractivity contribution in [2.75, 3.05) is 0 Å². The van der Waals surface area contributed by atoms with E-state index in [1.54, 1.807) is 12.1 Å². The van der Waals surface area contributed by atoms with E-state index >= 15 is 0 Å². The standard InChI is InChI=1S/C23H27N3O3/c1-15(2)12-20(23(28)29-14-17-8-6-5-7-9-17)25-22(27)18-10-11-21-19(13-18)24-16(3)26(21)4/h5-11,13,15,20H,12,14H2,1-4H3,(H,25,27)/t20-/m0/s1. The van der Waals surface area contributed by atoms with Crippen molar-refractivity contribution in [1.29, 1.82) is 0 Å². The minimum Gasteiger partial charge on any atom is -0.459 e. The molecule has 29 heavy (non-hydrogen) atoms. The van der Waals surface area contributed by atoms with E-state index < -0.39 is 12.0 Å². The number of nitrogens with one attached hydrogen (secondary N) is 1. The molecule has 0 radical (unpaired) electrons. The van der Waals surface area contributed by atoms with E-state index in [9.17, 15) is 9.59 Å². The SMILES string of the molecule is Cc1nc2cc(C(=O)N[C@@H](CC(C)C)C(=O)OCc3ccccc3)ccc2n1C. The number of nitrogens with zero attached hydrogens (tertiary/aromatic N) is 2. The van der Waals surface area contributed by atoms with Crippen LogP contribution in [0.4, 0.5) is 0 Å². The van der Waals surface area contributed by atoms with Crippen molar-refractivity contribution in [2.24, 2.45) is 13.0 Å².